The highest BCUT2D eigenvalue weighted by Crippen LogP contribution is 2.43. The van der Waals surface area contributed by atoms with Gasteiger partial charge in [-0.05, 0) is 79.7 Å². The van der Waals surface area contributed by atoms with E-state index >= 15 is 0 Å². The molecule has 4 rings (SSSR count). The fourth-order valence-corrected chi connectivity index (χ4v) is 7.15. The Bertz CT molecular complexity index is 1620. The summed E-state index contributed by atoms with van der Waals surface area (Å²) in [4.78, 5) is 9.39. The Morgan fingerprint density at radius 3 is 1.88 bits per heavy atom. The highest BCUT2D eigenvalue weighted by Gasteiger charge is 2.31. The lowest BCUT2D eigenvalue weighted by molar-refractivity contribution is 0.388. The quantitative estimate of drug-likeness (QED) is 0.147. The minimum atomic E-state index is -1.27. The van der Waals surface area contributed by atoms with E-state index in [0.29, 0.717) is 49.8 Å². The lowest BCUT2D eigenvalue weighted by Gasteiger charge is -2.27. The second-order valence-corrected chi connectivity index (χ2v) is 18.1. The molecule has 4 atom stereocenters. The molecule has 0 bridgehead atoms. The van der Waals surface area contributed by atoms with Crippen molar-refractivity contribution in [3.63, 3.8) is 0 Å². The van der Waals surface area contributed by atoms with Crippen molar-refractivity contribution < 1.29 is 18.6 Å². The van der Waals surface area contributed by atoms with Crippen LogP contribution in [0.15, 0.2) is 60.8 Å². The largest absolute Gasteiger partial charge is 0.598 e. The molecule has 0 amide bonds. The molecule has 2 N–H and O–H groups in total. The Kier molecular flexibility index (Phi) is 12.4. The average molecular weight is 732 g/mol. The van der Waals surface area contributed by atoms with Gasteiger partial charge in [0.15, 0.2) is 0 Å². The first-order valence-corrected chi connectivity index (χ1v) is 18.6. The monoisotopic (exact) mass is 730 g/mol. The van der Waals surface area contributed by atoms with Crippen LogP contribution in [0, 0.1) is 0 Å². The number of halogens is 2. The van der Waals surface area contributed by atoms with Crippen LogP contribution in [0.5, 0.6) is 11.6 Å². The van der Waals surface area contributed by atoms with Gasteiger partial charge in [0.1, 0.15) is 15.2 Å². The maximum Gasteiger partial charge on any atom is 0.218 e. The summed E-state index contributed by atoms with van der Waals surface area (Å²) in [5.74, 6) is 1.04. The maximum atomic E-state index is 12.7. The summed E-state index contributed by atoms with van der Waals surface area (Å²) in [6, 6.07) is 16.6. The zero-order valence-corrected chi connectivity index (χ0v) is 32.2. The number of hydrogen-bond acceptors (Lipinski definition) is 8. The van der Waals surface area contributed by atoms with Gasteiger partial charge in [-0.25, -0.2) is 4.98 Å². The van der Waals surface area contributed by atoms with Gasteiger partial charge in [0, 0.05) is 62.3 Å². The number of pyridine rings is 2. The molecule has 0 fully saturated rings. The first-order chi connectivity index (χ1) is 22.5. The van der Waals surface area contributed by atoms with Gasteiger partial charge in [0.25, 0.3) is 0 Å². The van der Waals surface area contributed by atoms with E-state index in [9.17, 15) is 9.11 Å². The highest BCUT2D eigenvalue weighted by molar-refractivity contribution is 7.91. The van der Waals surface area contributed by atoms with Gasteiger partial charge in [0.05, 0.1) is 47.7 Å². The molecule has 8 nitrogen and oxygen atoms in total. The van der Waals surface area contributed by atoms with Gasteiger partial charge in [-0.3, -0.25) is 4.98 Å². The lowest BCUT2D eigenvalue weighted by Crippen LogP contribution is -2.40. The summed E-state index contributed by atoms with van der Waals surface area (Å²) < 4.78 is 42.3. The average Bonchev–Trinajstić information content (AvgIpc) is 3.03. The summed E-state index contributed by atoms with van der Waals surface area (Å²) in [5, 5.41) is 0.900. The van der Waals surface area contributed by atoms with Gasteiger partial charge in [-0.2, -0.15) is 0 Å². The minimum absolute atomic E-state index is 0.224. The molecule has 0 aliphatic carbocycles. The molecule has 0 saturated heterocycles. The van der Waals surface area contributed by atoms with E-state index in [1.807, 2.05) is 110 Å². The van der Waals surface area contributed by atoms with Gasteiger partial charge in [-0.1, -0.05) is 53.5 Å². The molecule has 0 saturated carbocycles. The zero-order valence-electron chi connectivity index (χ0n) is 29.0. The Labute approximate surface area is 301 Å². The van der Waals surface area contributed by atoms with Crippen LogP contribution >= 0.6 is 23.2 Å². The van der Waals surface area contributed by atoms with Crippen molar-refractivity contribution in [1.82, 2.24) is 19.4 Å². The molecule has 2 aromatic heterocycles. The van der Waals surface area contributed by atoms with E-state index in [2.05, 4.69) is 14.4 Å². The van der Waals surface area contributed by atoms with E-state index in [-0.39, 0.29) is 12.1 Å². The fourth-order valence-electron chi connectivity index (χ4n) is 4.90. The molecule has 48 heavy (non-hydrogen) atoms. The molecule has 12 heteroatoms. The summed E-state index contributed by atoms with van der Waals surface area (Å²) in [7, 11) is 3.16. The third-order valence-electron chi connectivity index (χ3n) is 7.66. The van der Waals surface area contributed by atoms with E-state index in [0.717, 1.165) is 16.7 Å². The van der Waals surface area contributed by atoms with Crippen LogP contribution in [0.1, 0.15) is 78.6 Å². The Morgan fingerprint density at radius 1 is 0.729 bits per heavy atom. The van der Waals surface area contributed by atoms with Crippen molar-refractivity contribution in [3.8, 4) is 45.3 Å². The molecule has 2 heterocycles. The minimum Gasteiger partial charge on any atom is -0.598 e. The standard InChI is InChI=1S/C36H44Cl2N4O4S2/c1-21(41-47(43)35(3,4)5)24-15-14-23(20-30(24)45-9)33-32(38)27(18-19-39-33)26-12-11-13-28(31(26)37)29-17-16-25(34(40-29)46-10)22(2)42-48(44)36(6,7)8/h11-22,41-42H,1-10H3/t21-,22-,47?,48?/m0/s1. The SMILES string of the molecule is COc1cc(-c2nccc(-c3cccc(-c4ccc([C@H](C)N[S+]([O-])C(C)(C)C)c(OC)n4)c3Cl)c2Cl)ccc1[C@H](C)N[S+]([O-])C(C)(C)C. The molecule has 4 aromatic rings. The van der Waals surface area contributed by atoms with Crippen molar-refractivity contribution in [2.75, 3.05) is 14.2 Å². The van der Waals surface area contributed by atoms with Crippen LogP contribution in [0.25, 0.3) is 33.6 Å². The number of aromatic nitrogens is 2. The number of methoxy groups -OCH3 is 2. The zero-order chi connectivity index (χ0) is 35.6. The van der Waals surface area contributed by atoms with Crippen LogP contribution in [-0.4, -0.2) is 42.8 Å². The maximum absolute atomic E-state index is 12.7. The van der Waals surface area contributed by atoms with Crippen LogP contribution in [-0.2, 0) is 22.7 Å². The van der Waals surface area contributed by atoms with Crippen molar-refractivity contribution in [2.45, 2.75) is 77.0 Å². The Balaban J connectivity index is 1.68. The predicted octanol–water partition coefficient (Wildman–Crippen LogP) is 9.03. The number of benzene rings is 2. The number of rotatable bonds is 11. The van der Waals surface area contributed by atoms with Gasteiger partial charge in [-0.15, -0.1) is 9.44 Å². The van der Waals surface area contributed by atoms with Crippen molar-refractivity contribution in [2.24, 2.45) is 0 Å². The van der Waals surface area contributed by atoms with E-state index in [1.165, 1.54) is 0 Å². The predicted molar refractivity (Wildman–Crippen MR) is 200 cm³/mol. The smallest absolute Gasteiger partial charge is 0.218 e. The molecule has 0 aliphatic rings. The molecular weight excluding hydrogens is 687 g/mol. The summed E-state index contributed by atoms with van der Waals surface area (Å²) in [6.07, 6.45) is 1.70. The Morgan fingerprint density at radius 2 is 1.29 bits per heavy atom. The van der Waals surface area contributed by atoms with Crippen LogP contribution in [0.2, 0.25) is 10.0 Å². The first-order valence-electron chi connectivity index (χ1n) is 15.5. The fraction of sp³-hybridized carbons (Fsp3) is 0.389. The molecule has 258 valence electrons. The highest BCUT2D eigenvalue weighted by atomic mass is 35.5. The second-order valence-electron chi connectivity index (χ2n) is 13.4. The van der Waals surface area contributed by atoms with Gasteiger partial charge < -0.3 is 18.6 Å². The normalized spacial score (nSPS) is 14.7. The number of hydrogen-bond donors (Lipinski definition) is 2. The molecule has 0 aliphatic heterocycles. The third-order valence-corrected chi connectivity index (χ3v) is 11.8. The molecule has 2 unspecified atom stereocenters. The van der Waals surface area contributed by atoms with Crippen LogP contribution < -0.4 is 18.9 Å². The number of nitrogens with zero attached hydrogens (tertiary/aromatic N) is 2. The first kappa shape index (κ1) is 38.3. The van der Waals surface area contributed by atoms with E-state index < -0.39 is 32.2 Å². The second kappa shape index (κ2) is 15.6. The molecule has 2 aromatic carbocycles. The lowest BCUT2D eigenvalue weighted by atomic mass is 9.98. The van der Waals surface area contributed by atoms with Gasteiger partial charge in [0.2, 0.25) is 5.88 Å². The summed E-state index contributed by atoms with van der Waals surface area (Å²) in [6.45, 7) is 15.4. The molecular formula is C36H44Cl2N4O4S2. The van der Waals surface area contributed by atoms with Crippen LogP contribution in [0.3, 0.4) is 0 Å². The van der Waals surface area contributed by atoms with Crippen LogP contribution in [0.4, 0.5) is 0 Å². The molecule has 0 spiro atoms. The summed E-state index contributed by atoms with van der Waals surface area (Å²) >= 11 is 11.6. The number of nitrogens with one attached hydrogen (secondary N) is 2. The van der Waals surface area contributed by atoms with Gasteiger partial charge >= 0.3 is 0 Å². The Hall–Kier alpha value is -2.54. The topological polar surface area (TPSA) is 114 Å². The van der Waals surface area contributed by atoms with Crippen molar-refractivity contribution in [1.29, 1.82) is 0 Å². The molecule has 0 radical (unpaired) electrons. The van der Waals surface area contributed by atoms with Crippen molar-refractivity contribution in [3.05, 3.63) is 82.0 Å². The van der Waals surface area contributed by atoms with Crippen molar-refractivity contribution >= 4 is 45.9 Å². The van der Waals surface area contributed by atoms with E-state index in [1.54, 1.807) is 20.4 Å². The van der Waals surface area contributed by atoms with E-state index in [4.69, 9.17) is 37.7 Å². The third kappa shape index (κ3) is 8.60. The number of ether oxygens (including phenoxy) is 2. The summed E-state index contributed by atoms with van der Waals surface area (Å²) in [5.41, 5.74) is 5.71.